The molecule has 0 bridgehead atoms. The Morgan fingerprint density at radius 3 is 2.86 bits per heavy atom. The van der Waals surface area contributed by atoms with Crippen LogP contribution >= 0.6 is 27.7 Å². The van der Waals surface area contributed by atoms with Crippen LogP contribution in [0, 0.1) is 6.92 Å². The minimum absolute atomic E-state index is 0.485. The Bertz CT molecular complexity index is 357. The maximum absolute atomic E-state index is 10.6. The van der Waals surface area contributed by atoms with Crippen LogP contribution in [0.5, 0.6) is 0 Å². The number of carbonyl (C=O) groups is 1. The van der Waals surface area contributed by atoms with E-state index in [4.69, 9.17) is 5.11 Å². The molecule has 1 rings (SSSR count). The number of thioether (sulfide) groups is 1. The smallest absolute Gasteiger partial charge is 0.316 e. The van der Waals surface area contributed by atoms with Crippen molar-refractivity contribution in [3.63, 3.8) is 0 Å². The molecule has 1 atom stereocenters. The summed E-state index contributed by atoms with van der Waals surface area (Å²) in [4.78, 5) is 14.8. The van der Waals surface area contributed by atoms with Gasteiger partial charge in [0.05, 0.1) is 4.47 Å². The zero-order valence-electron chi connectivity index (χ0n) is 7.82. The van der Waals surface area contributed by atoms with E-state index in [9.17, 15) is 4.79 Å². The fourth-order valence-corrected chi connectivity index (χ4v) is 2.29. The van der Waals surface area contributed by atoms with E-state index < -0.39 is 11.2 Å². The van der Waals surface area contributed by atoms with Crippen LogP contribution in [0.2, 0.25) is 0 Å². The Labute approximate surface area is 95.1 Å². The lowest BCUT2D eigenvalue weighted by molar-refractivity contribution is -0.136. The maximum atomic E-state index is 10.6. The summed E-state index contributed by atoms with van der Waals surface area (Å²) in [5.74, 6) is -0.829. The molecule has 1 aromatic heterocycles. The lowest BCUT2D eigenvalue weighted by atomic mass is 10.3. The molecule has 0 amide bonds. The zero-order chi connectivity index (χ0) is 10.7. The van der Waals surface area contributed by atoms with Crippen LogP contribution in [0.15, 0.2) is 21.8 Å². The van der Waals surface area contributed by atoms with Crippen molar-refractivity contribution in [1.29, 1.82) is 0 Å². The van der Waals surface area contributed by atoms with Crippen LogP contribution in [-0.4, -0.2) is 21.3 Å². The predicted octanol–water partition coefficient (Wildman–Crippen LogP) is 2.72. The summed E-state index contributed by atoms with van der Waals surface area (Å²) in [6, 6.07) is 1.92. The van der Waals surface area contributed by atoms with Crippen LogP contribution in [0.3, 0.4) is 0 Å². The first-order valence-corrected chi connectivity index (χ1v) is 5.69. The highest BCUT2D eigenvalue weighted by Gasteiger charge is 2.14. The monoisotopic (exact) mass is 275 g/mol. The molecule has 3 nitrogen and oxygen atoms in total. The van der Waals surface area contributed by atoms with Crippen molar-refractivity contribution >= 4 is 33.7 Å². The van der Waals surface area contributed by atoms with E-state index in [-0.39, 0.29) is 0 Å². The van der Waals surface area contributed by atoms with Crippen LogP contribution in [0.25, 0.3) is 0 Å². The zero-order valence-corrected chi connectivity index (χ0v) is 10.2. The number of carboxylic acid groups (broad SMARTS) is 1. The molecule has 0 aromatic carbocycles. The highest BCUT2D eigenvalue weighted by Crippen LogP contribution is 2.28. The topological polar surface area (TPSA) is 50.2 Å². The fraction of sp³-hybridized carbons (Fsp3) is 0.333. The Balaban J connectivity index is 2.82. The van der Waals surface area contributed by atoms with Crippen molar-refractivity contribution in [1.82, 2.24) is 4.98 Å². The standard InChI is InChI=1S/C9H10BrNO2S/c1-5-3-7(10)8(11-4-5)14-6(2)9(12)13/h3-4,6H,1-2H3,(H,12,13). The van der Waals surface area contributed by atoms with Crippen molar-refractivity contribution in [3.8, 4) is 0 Å². The van der Waals surface area contributed by atoms with Gasteiger partial charge in [0.1, 0.15) is 10.3 Å². The summed E-state index contributed by atoms with van der Waals surface area (Å²) >= 11 is 4.58. The third-order valence-corrected chi connectivity index (χ3v) is 3.55. The largest absolute Gasteiger partial charge is 0.480 e. The third kappa shape index (κ3) is 2.99. The first-order chi connectivity index (χ1) is 6.50. The summed E-state index contributed by atoms with van der Waals surface area (Å²) in [6.45, 7) is 3.58. The van der Waals surface area contributed by atoms with Crippen molar-refractivity contribution in [3.05, 3.63) is 22.3 Å². The molecule has 0 radical (unpaired) electrons. The highest BCUT2D eigenvalue weighted by atomic mass is 79.9. The molecule has 0 fully saturated rings. The SMILES string of the molecule is Cc1cnc(SC(C)C(=O)O)c(Br)c1. The predicted molar refractivity (Wildman–Crippen MR) is 59.6 cm³/mol. The first-order valence-electron chi connectivity index (χ1n) is 4.02. The number of hydrogen-bond donors (Lipinski definition) is 1. The van der Waals surface area contributed by atoms with Gasteiger partial charge in [0.25, 0.3) is 0 Å². The summed E-state index contributed by atoms with van der Waals surface area (Å²) < 4.78 is 0.843. The number of hydrogen-bond acceptors (Lipinski definition) is 3. The molecular formula is C9H10BrNO2S. The average molecular weight is 276 g/mol. The summed E-state index contributed by atoms with van der Waals surface area (Å²) in [5.41, 5.74) is 1.05. The van der Waals surface area contributed by atoms with E-state index in [1.807, 2.05) is 13.0 Å². The molecule has 0 saturated carbocycles. The van der Waals surface area contributed by atoms with Gasteiger partial charge in [0, 0.05) is 6.20 Å². The Kier molecular flexibility index (Phi) is 3.95. The van der Waals surface area contributed by atoms with Crippen molar-refractivity contribution in [2.75, 3.05) is 0 Å². The Morgan fingerprint density at radius 1 is 1.71 bits per heavy atom. The second-order valence-electron chi connectivity index (χ2n) is 2.90. The number of carboxylic acids is 1. The van der Waals surface area contributed by atoms with Gasteiger partial charge in [-0.05, 0) is 41.4 Å². The molecule has 0 aliphatic heterocycles. The van der Waals surface area contributed by atoms with Gasteiger partial charge in [0.15, 0.2) is 0 Å². The minimum Gasteiger partial charge on any atom is -0.480 e. The number of aliphatic carboxylic acids is 1. The van der Waals surface area contributed by atoms with Gasteiger partial charge in [-0.15, -0.1) is 0 Å². The summed E-state index contributed by atoms with van der Waals surface area (Å²) in [7, 11) is 0. The van der Waals surface area contributed by atoms with Gasteiger partial charge >= 0.3 is 5.97 Å². The Hall–Kier alpha value is -0.550. The van der Waals surface area contributed by atoms with Gasteiger partial charge in [-0.2, -0.15) is 0 Å². The van der Waals surface area contributed by atoms with Crippen LogP contribution in [0.4, 0.5) is 0 Å². The molecule has 0 spiro atoms. The molecule has 0 aliphatic rings. The van der Waals surface area contributed by atoms with E-state index in [1.54, 1.807) is 13.1 Å². The molecule has 0 saturated heterocycles. The number of halogens is 1. The van der Waals surface area contributed by atoms with E-state index in [1.165, 1.54) is 11.8 Å². The quantitative estimate of drug-likeness (QED) is 0.862. The van der Waals surface area contributed by atoms with Crippen LogP contribution in [-0.2, 0) is 4.79 Å². The van der Waals surface area contributed by atoms with Crippen LogP contribution < -0.4 is 0 Å². The van der Waals surface area contributed by atoms with Gasteiger partial charge in [-0.25, -0.2) is 4.98 Å². The van der Waals surface area contributed by atoms with Crippen molar-refractivity contribution in [2.24, 2.45) is 0 Å². The summed E-state index contributed by atoms with van der Waals surface area (Å²) in [5, 5.41) is 8.95. The van der Waals surface area contributed by atoms with Gasteiger partial charge in [0.2, 0.25) is 0 Å². The molecule has 14 heavy (non-hydrogen) atoms. The third-order valence-electron chi connectivity index (χ3n) is 1.58. The molecule has 1 heterocycles. The fourth-order valence-electron chi connectivity index (χ4n) is 0.826. The first kappa shape index (κ1) is 11.5. The number of pyridine rings is 1. The van der Waals surface area contributed by atoms with Crippen LogP contribution in [0.1, 0.15) is 12.5 Å². The number of aryl methyl sites for hydroxylation is 1. The molecule has 5 heteroatoms. The van der Waals surface area contributed by atoms with Crippen molar-refractivity contribution < 1.29 is 9.90 Å². The van der Waals surface area contributed by atoms with E-state index in [2.05, 4.69) is 20.9 Å². The van der Waals surface area contributed by atoms with Gasteiger partial charge in [-0.3, -0.25) is 4.79 Å². The maximum Gasteiger partial charge on any atom is 0.316 e. The second kappa shape index (κ2) is 4.79. The molecule has 0 aliphatic carbocycles. The molecule has 76 valence electrons. The number of aromatic nitrogens is 1. The van der Waals surface area contributed by atoms with E-state index >= 15 is 0 Å². The Morgan fingerprint density at radius 2 is 2.36 bits per heavy atom. The summed E-state index contributed by atoms with van der Waals surface area (Å²) in [6.07, 6.45) is 1.72. The normalized spacial score (nSPS) is 12.5. The second-order valence-corrected chi connectivity index (χ2v) is 5.08. The number of nitrogens with zero attached hydrogens (tertiary/aromatic N) is 1. The molecular weight excluding hydrogens is 266 g/mol. The molecule has 1 unspecified atom stereocenters. The highest BCUT2D eigenvalue weighted by molar-refractivity contribution is 9.10. The lowest BCUT2D eigenvalue weighted by Crippen LogP contribution is -2.11. The van der Waals surface area contributed by atoms with Gasteiger partial charge in [-0.1, -0.05) is 11.8 Å². The van der Waals surface area contributed by atoms with E-state index in [0.717, 1.165) is 10.0 Å². The minimum atomic E-state index is -0.829. The van der Waals surface area contributed by atoms with Crippen molar-refractivity contribution in [2.45, 2.75) is 24.1 Å². The van der Waals surface area contributed by atoms with E-state index in [0.29, 0.717) is 5.03 Å². The number of rotatable bonds is 3. The van der Waals surface area contributed by atoms with Gasteiger partial charge < -0.3 is 5.11 Å². The molecule has 1 N–H and O–H groups in total. The lowest BCUT2D eigenvalue weighted by Gasteiger charge is -2.07. The molecule has 1 aromatic rings. The average Bonchev–Trinajstić information content (AvgIpc) is 2.09.